The molecule has 2 N–H and O–H groups in total. The molecule has 0 saturated heterocycles. The van der Waals surface area contributed by atoms with Crippen molar-refractivity contribution < 1.29 is 9.90 Å². The lowest BCUT2D eigenvalue weighted by Gasteiger charge is -2.04. The zero-order chi connectivity index (χ0) is 15.8. The number of nitrogens with zero attached hydrogens (tertiary/aromatic N) is 2. The molecule has 23 heavy (non-hydrogen) atoms. The molecule has 0 spiro atoms. The maximum atomic E-state index is 12.3. The second-order valence-electron chi connectivity index (χ2n) is 5.14. The molecule has 3 aromatic heterocycles. The van der Waals surface area contributed by atoms with Gasteiger partial charge in [-0.2, -0.15) is 0 Å². The first-order valence-electron chi connectivity index (χ1n) is 7.12. The number of carbonyl (C=O) groups is 1. The van der Waals surface area contributed by atoms with E-state index in [-0.39, 0.29) is 11.7 Å². The molecule has 7 heteroatoms. The molecule has 0 fully saturated rings. The number of benzene rings is 1. The minimum absolute atomic E-state index is 0.0734. The van der Waals surface area contributed by atoms with Crippen molar-refractivity contribution in [3.8, 4) is 5.75 Å². The van der Waals surface area contributed by atoms with Gasteiger partial charge in [-0.05, 0) is 30.2 Å². The van der Waals surface area contributed by atoms with Crippen LogP contribution >= 0.6 is 22.7 Å². The quantitative estimate of drug-likeness (QED) is 0.597. The molecular weight excluding hydrogens is 330 g/mol. The van der Waals surface area contributed by atoms with Crippen LogP contribution < -0.4 is 5.32 Å². The fourth-order valence-corrected chi connectivity index (χ4v) is 4.15. The van der Waals surface area contributed by atoms with E-state index < -0.39 is 0 Å². The summed E-state index contributed by atoms with van der Waals surface area (Å²) in [5.74, 6) is 0.177. The number of phenols is 1. The van der Waals surface area contributed by atoms with Crippen LogP contribution in [0, 0.1) is 0 Å². The molecule has 0 aliphatic heterocycles. The summed E-state index contributed by atoms with van der Waals surface area (Å²) in [6.45, 7) is 0.556. The smallest absolute Gasteiger partial charge is 0.261 e. The number of nitrogens with one attached hydrogen (secondary N) is 1. The lowest BCUT2D eigenvalue weighted by atomic mass is 10.1. The Morgan fingerprint density at radius 3 is 2.96 bits per heavy atom. The van der Waals surface area contributed by atoms with Crippen molar-refractivity contribution in [3.05, 3.63) is 52.3 Å². The van der Waals surface area contributed by atoms with E-state index in [1.807, 2.05) is 34.2 Å². The molecule has 1 aromatic carbocycles. The topological polar surface area (TPSA) is 66.6 Å². The molecule has 5 nitrogen and oxygen atoms in total. The van der Waals surface area contributed by atoms with Crippen LogP contribution in [-0.2, 0) is 6.42 Å². The third-order valence-electron chi connectivity index (χ3n) is 3.60. The number of hydrogen-bond donors (Lipinski definition) is 2. The summed E-state index contributed by atoms with van der Waals surface area (Å²) >= 11 is 3.00. The maximum Gasteiger partial charge on any atom is 0.261 e. The van der Waals surface area contributed by atoms with Gasteiger partial charge in [0.15, 0.2) is 4.96 Å². The lowest BCUT2D eigenvalue weighted by molar-refractivity contribution is 0.0958. The van der Waals surface area contributed by atoms with Crippen molar-refractivity contribution in [1.29, 1.82) is 0 Å². The molecule has 0 atom stereocenters. The van der Waals surface area contributed by atoms with Gasteiger partial charge in [-0.3, -0.25) is 9.20 Å². The average Bonchev–Trinajstić information content (AvgIpc) is 3.20. The molecule has 1 amide bonds. The first-order valence-corrected chi connectivity index (χ1v) is 8.81. The molecule has 0 bridgehead atoms. The largest absolute Gasteiger partial charge is 0.508 e. The number of rotatable bonds is 4. The highest BCUT2D eigenvalue weighted by Crippen LogP contribution is 2.28. The summed E-state index contributed by atoms with van der Waals surface area (Å²) in [7, 11) is 0. The molecular formula is C16H13N3O2S2. The minimum Gasteiger partial charge on any atom is -0.508 e. The van der Waals surface area contributed by atoms with Crippen molar-refractivity contribution in [2.45, 2.75) is 6.42 Å². The lowest BCUT2D eigenvalue weighted by Crippen LogP contribution is -2.24. The highest BCUT2D eigenvalue weighted by Gasteiger charge is 2.14. The van der Waals surface area contributed by atoms with E-state index in [1.54, 1.807) is 23.5 Å². The van der Waals surface area contributed by atoms with E-state index >= 15 is 0 Å². The van der Waals surface area contributed by atoms with Crippen LogP contribution in [0.5, 0.6) is 5.75 Å². The summed E-state index contributed by atoms with van der Waals surface area (Å²) in [6, 6.07) is 8.91. The summed E-state index contributed by atoms with van der Waals surface area (Å²) in [5, 5.41) is 14.2. The van der Waals surface area contributed by atoms with Crippen molar-refractivity contribution in [3.63, 3.8) is 0 Å². The number of thiazole rings is 1. The first kappa shape index (κ1) is 14.2. The fraction of sp³-hybridized carbons (Fsp3) is 0.125. The third kappa shape index (κ3) is 2.69. The molecule has 3 heterocycles. The van der Waals surface area contributed by atoms with Gasteiger partial charge in [0.2, 0.25) is 0 Å². The number of amides is 1. The van der Waals surface area contributed by atoms with Crippen molar-refractivity contribution in [1.82, 2.24) is 14.7 Å². The Morgan fingerprint density at radius 1 is 1.30 bits per heavy atom. The summed E-state index contributed by atoms with van der Waals surface area (Å²) in [5.41, 5.74) is 2.06. The number of aromatic hydroxyl groups is 1. The van der Waals surface area contributed by atoms with Crippen LogP contribution in [0.3, 0.4) is 0 Å². The highest BCUT2D eigenvalue weighted by atomic mass is 32.1. The summed E-state index contributed by atoms with van der Waals surface area (Å²) < 4.78 is 2.00. The standard InChI is InChI=1S/C16H13N3O2S2/c20-11-3-1-10(2-4-11)5-6-17-14(21)13-9-12-15(23-13)18-16-19(12)7-8-22-16/h1-4,7-9,20H,5-6H2,(H,17,21). The number of aromatic nitrogens is 2. The fourth-order valence-electron chi connectivity index (χ4n) is 2.43. The Hall–Kier alpha value is -2.38. The molecule has 4 rings (SSSR count). The second-order valence-corrected chi connectivity index (χ2v) is 7.04. The van der Waals surface area contributed by atoms with Crippen molar-refractivity contribution in [2.24, 2.45) is 0 Å². The summed E-state index contributed by atoms with van der Waals surface area (Å²) in [6.07, 6.45) is 2.69. The third-order valence-corrected chi connectivity index (χ3v) is 5.37. The maximum absolute atomic E-state index is 12.3. The number of fused-ring (bicyclic) bond motifs is 3. The van der Waals surface area contributed by atoms with Crippen LogP contribution in [0.4, 0.5) is 0 Å². The average molecular weight is 343 g/mol. The van der Waals surface area contributed by atoms with Crippen LogP contribution in [0.15, 0.2) is 41.9 Å². The van der Waals surface area contributed by atoms with Gasteiger partial charge in [0, 0.05) is 18.1 Å². The molecule has 0 radical (unpaired) electrons. The van der Waals surface area contributed by atoms with E-state index in [1.165, 1.54) is 11.3 Å². The van der Waals surface area contributed by atoms with Gasteiger partial charge < -0.3 is 10.4 Å². The van der Waals surface area contributed by atoms with Gasteiger partial charge in [0.25, 0.3) is 5.91 Å². The predicted octanol–water partition coefficient (Wildman–Crippen LogP) is 3.29. The van der Waals surface area contributed by atoms with E-state index in [0.29, 0.717) is 11.4 Å². The normalized spacial score (nSPS) is 11.3. The first-order chi connectivity index (χ1) is 11.2. The Bertz CT molecular complexity index is 982. The van der Waals surface area contributed by atoms with Crippen molar-refractivity contribution in [2.75, 3.05) is 6.54 Å². The van der Waals surface area contributed by atoms with Gasteiger partial charge in [-0.1, -0.05) is 12.1 Å². The van der Waals surface area contributed by atoms with E-state index in [9.17, 15) is 9.90 Å². The zero-order valence-electron chi connectivity index (χ0n) is 12.0. The van der Waals surface area contributed by atoms with Gasteiger partial charge in [0.05, 0.1) is 10.4 Å². The van der Waals surface area contributed by atoms with Crippen LogP contribution in [-0.4, -0.2) is 26.9 Å². The molecule has 0 aliphatic rings. The van der Waals surface area contributed by atoms with Crippen LogP contribution in [0.25, 0.3) is 15.3 Å². The van der Waals surface area contributed by atoms with Crippen LogP contribution in [0.1, 0.15) is 15.2 Å². The van der Waals surface area contributed by atoms with Gasteiger partial charge in [-0.15, -0.1) is 22.7 Å². The van der Waals surface area contributed by atoms with Gasteiger partial charge in [0.1, 0.15) is 10.6 Å². The number of phenolic OH excluding ortho intramolecular Hbond substituents is 1. The molecule has 116 valence electrons. The number of hydrogen-bond acceptors (Lipinski definition) is 5. The monoisotopic (exact) mass is 343 g/mol. The minimum atomic E-state index is -0.0734. The van der Waals surface area contributed by atoms with E-state index in [0.717, 1.165) is 27.3 Å². The Labute approximate surface area is 139 Å². The van der Waals surface area contributed by atoms with Crippen LogP contribution in [0.2, 0.25) is 0 Å². The number of carbonyl (C=O) groups excluding carboxylic acids is 1. The highest BCUT2D eigenvalue weighted by molar-refractivity contribution is 7.21. The van der Waals surface area contributed by atoms with E-state index in [4.69, 9.17) is 0 Å². The Morgan fingerprint density at radius 2 is 2.13 bits per heavy atom. The summed E-state index contributed by atoms with van der Waals surface area (Å²) in [4.78, 5) is 19.3. The second kappa shape index (κ2) is 5.68. The molecule has 0 saturated carbocycles. The Balaban J connectivity index is 1.44. The molecule has 4 aromatic rings. The van der Waals surface area contributed by atoms with Crippen molar-refractivity contribution >= 4 is 43.9 Å². The molecule has 0 aliphatic carbocycles. The molecule has 0 unspecified atom stereocenters. The number of thiophene rings is 1. The van der Waals surface area contributed by atoms with Gasteiger partial charge >= 0.3 is 0 Å². The van der Waals surface area contributed by atoms with E-state index in [2.05, 4.69) is 10.3 Å². The Kier molecular flexibility index (Phi) is 3.51. The number of imidazole rings is 1. The predicted molar refractivity (Wildman–Crippen MR) is 92.6 cm³/mol. The SMILES string of the molecule is O=C(NCCc1ccc(O)cc1)c1cc2c(nc3sccn32)s1. The van der Waals surface area contributed by atoms with Gasteiger partial charge in [-0.25, -0.2) is 4.98 Å². The zero-order valence-corrected chi connectivity index (χ0v) is 13.7.